The second-order valence-corrected chi connectivity index (χ2v) is 4.84. The number of nitrogens with one attached hydrogen (secondary N) is 1. The zero-order chi connectivity index (χ0) is 12.1. The quantitative estimate of drug-likeness (QED) is 0.920. The third-order valence-electron chi connectivity index (χ3n) is 3.08. The van der Waals surface area contributed by atoms with Crippen LogP contribution in [0.5, 0.6) is 5.75 Å². The minimum Gasteiger partial charge on any atom is -0.492 e. The molecule has 0 aromatic heterocycles. The highest BCUT2D eigenvalue weighted by molar-refractivity contribution is 6.30. The number of halogens is 3. The molecule has 0 aliphatic carbocycles. The molecule has 6 heteroatoms. The summed E-state index contributed by atoms with van der Waals surface area (Å²) in [6, 6.07) is 7.98. The van der Waals surface area contributed by atoms with Gasteiger partial charge in [0.15, 0.2) is 0 Å². The molecule has 0 spiro atoms. The summed E-state index contributed by atoms with van der Waals surface area (Å²) in [7, 11) is 0. The molecule has 1 aromatic carbocycles. The second-order valence-electron chi connectivity index (χ2n) is 4.40. The summed E-state index contributed by atoms with van der Waals surface area (Å²) in [6.07, 6.45) is 0. The van der Waals surface area contributed by atoms with Gasteiger partial charge < -0.3 is 10.1 Å². The Labute approximate surface area is 132 Å². The van der Waals surface area contributed by atoms with E-state index in [0.717, 1.165) is 43.6 Å². The number of benzene rings is 1. The van der Waals surface area contributed by atoms with Crippen molar-refractivity contribution >= 4 is 36.4 Å². The van der Waals surface area contributed by atoms with Gasteiger partial charge in [-0.3, -0.25) is 4.90 Å². The fourth-order valence-electron chi connectivity index (χ4n) is 1.98. The van der Waals surface area contributed by atoms with Crippen LogP contribution in [-0.4, -0.2) is 43.7 Å². The number of hydrogen-bond acceptors (Lipinski definition) is 3. The van der Waals surface area contributed by atoms with Crippen molar-refractivity contribution in [2.45, 2.75) is 13.0 Å². The van der Waals surface area contributed by atoms with Gasteiger partial charge in [-0.05, 0) is 31.2 Å². The van der Waals surface area contributed by atoms with Crippen molar-refractivity contribution in [2.75, 3.05) is 32.8 Å². The van der Waals surface area contributed by atoms with Crippen molar-refractivity contribution in [1.82, 2.24) is 10.2 Å². The van der Waals surface area contributed by atoms with Crippen LogP contribution in [0.4, 0.5) is 0 Å². The average molecular weight is 328 g/mol. The molecule has 0 saturated carbocycles. The normalized spacial score (nSPS) is 16.9. The highest BCUT2D eigenvalue weighted by Gasteiger charge is 2.16. The van der Waals surface area contributed by atoms with E-state index in [1.165, 1.54) is 0 Å². The van der Waals surface area contributed by atoms with Gasteiger partial charge in [-0.2, -0.15) is 0 Å². The first-order valence-corrected chi connectivity index (χ1v) is 6.46. The first-order chi connectivity index (χ1) is 8.25. The van der Waals surface area contributed by atoms with E-state index < -0.39 is 0 Å². The van der Waals surface area contributed by atoms with Gasteiger partial charge in [-0.1, -0.05) is 11.6 Å². The summed E-state index contributed by atoms with van der Waals surface area (Å²) >= 11 is 5.83. The monoisotopic (exact) mass is 326 g/mol. The number of rotatable bonds is 4. The molecule has 1 aromatic rings. The first-order valence-electron chi connectivity index (χ1n) is 6.09. The number of hydrogen-bond donors (Lipinski definition) is 1. The number of piperazine rings is 1. The molecule has 0 amide bonds. The van der Waals surface area contributed by atoms with Gasteiger partial charge in [0.05, 0.1) is 0 Å². The molecule has 1 unspecified atom stereocenters. The Hall–Kier alpha value is -0.190. The molecule has 3 nitrogen and oxygen atoms in total. The molecule has 0 bridgehead atoms. The lowest BCUT2D eigenvalue weighted by atomic mass is 10.2. The van der Waals surface area contributed by atoms with Crippen LogP contribution < -0.4 is 10.1 Å². The molecule has 1 heterocycles. The molecule has 110 valence electrons. The van der Waals surface area contributed by atoms with Gasteiger partial charge in [-0.25, -0.2) is 0 Å². The molecule has 1 N–H and O–H groups in total. The fraction of sp³-hybridized carbons (Fsp3) is 0.538. The van der Waals surface area contributed by atoms with Crippen molar-refractivity contribution in [2.24, 2.45) is 0 Å². The van der Waals surface area contributed by atoms with Crippen LogP contribution in [0.1, 0.15) is 6.92 Å². The third kappa shape index (κ3) is 6.19. The predicted octanol–water partition coefficient (Wildman–Crippen LogP) is 2.86. The molecule has 1 atom stereocenters. The summed E-state index contributed by atoms with van der Waals surface area (Å²) in [6.45, 7) is 7.29. The molecule has 1 aliphatic rings. The van der Waals surface area contributed by atoms with Crippen LogP contribution in [0, 0.1) is 0 Å². The largest absolute Gasteiger partial charge is 0.492 e. The highest BCUT2D eigenvalue weighted by Crippen LogP contribution is 2.16. The molecule has 0 radical (unpaired) electrons. The van der Waals surface area contributed by atoms with E-state index in [0.29, 0.717) is 6.04 Å². The van der Waals surface area contributed by atoms with Crippen LogP contribution in [0.25, 0.3) is 0 Å². The van der Waals surface area contributed by atoms with Crippen LogP contribution >= 0.6 is 36.4 Å². The molecule has 19 heavy (non-hydrogen) atoms. The molecule has 2 rings (SSSR count). The first kappa shape index (κ1) is 18.8. The van der Waals surface area contributed by atoms with E-state index in [1.54, 1.807) is 0 Å². The SMILES string of the molecule is CC(COc1ccc(Cl)cc1)N1CCNCC1.Cl.Cl. The molecular weight excluding hydrogens is 307 g/mol. The van der Waals surface area contributed by atoms with E-state index >= 15 is 0 Å². The van der Waals surface area contributed by atoms with E-state index in [2.05, 4.69) is 17.1 Å². The Morgan fingerprint density at radius 2 is 1.79 bits per heavy atom. The highest BCUT2D eigenvalue weighted by atomic mass is 35.5. The fourth-order valence-corrected chi connectivity index (χ4v) is 2.10. The Balaban J connectivity index is 0.00000162. The van der Waals surface area contributed by atoms with Crippen molar-refractivity contribution in [3.63, 3.8) is 0 Å². The van der Waals surface area contributed by atoms with Crippen LogP contribution in [0.2, 0.25) is 5.02 Å². The smallest absolute Gasteiger partial charge is 0.119 e. The number of nitrogens with zero attached hydrogens (tertiary/aromatic N) is 1. The lowest BCUT2D eigenvalue weighted by molar-refractivity contribution is 0.132. The van der Waals surface area contributed by atoms with Crippen LogP contribution in [0.3, 0.4) is 0 Å². The zero-order valence-electron chi connectivity index (χ0n) is 11.0. The molecule has 1 fully saturated rings. The van der Waals surface area contributed by atoms with E-state index in [9.17, 15) is 0 Å². The van der Waals surface area contributed by atoms with Gasteiger partial charge >= 0.3 is 0 Å². The lowest BCUT2D eigenvalue weighted by Crippen LogP contribution is -2.49. The van der Waals surface area contributed by atoms with E-state index in [4.69, 9.17) is 16.3 Å². The van der Waals surface area contributed by atoms with E-state index in [-0.39, 0.29) is 24.8 Å². The van der Waals surface area contributed by atoms with Crippen LogP contribution in [0.15, 0.2) is 24.3 Å². The van der Waals surface area contributed by atoms with Crippen molar-refractivity contribution < 1.29 is 4.74 Å². The number of ether oxygens (including phenoxy) is 1. The maximum absolute atomic E-state index is 5.83. The van der Waals surface area contributed by atoms with Gasteiger partial charge in [0.1, 0.15) is 12.4 Å². The second kappa shape index (κ2) is 9.67. The van der Waals surface area contributed by atoms with Gasteiger partial charge in [0.25, 0.3) is 0 Å². The topological polar surface area (TPSA) is 24.5 Å². The summed E-state index contributed by atoms with van der Waals surface area (Å²) < 4.78 is 5.76. The molecule has 1 saturated heterocycles. The minimum absolute atomic E-state index is 0. The maximum atomic E-state index is 5.83. The summed E-state index contributed by atoms with van der Waals surface area (Å²) in [5.74, 6) is 0.886. The van der Waals surface area contributed by atoms with Crippen LogP contribution in [-0.2, 0) is 0 Å². The Bertz CT molecular complexity index is 342. The van der Waals surface area contributed by atoms with Gasteiger partial charge in [0, 0.05) is 37.2 Å². The van der Waals surface area contributed by atoms with Crippen molar-refractivity contribution in [3.05, 3.63) is 29.3 Å². The van der Waals surface area contributed by atoms with Crippen molar-refractivity contribution in [1.29, 1.82) is 0 Å². The lowest BCUT2D eigenvalue weighted by Gasteiger charge is -2.32. The predicted molar refractivity (Wildman–Crippen MR) is 85.3 cm³/mol. The average Bonchev–Trinajstić information content (AvgIpc) is 2.39. The summed E-state index contributed by atoms with van der Waals surface area (Å²) in [4.78, 5) is 2.45. The van der Waals surface area contributed by atoms with Crippen molar-refractivity contribution in [3.8, 4) is 5.75 Å². The standard InChI is InChI=1S/C13H19ClN2O.2ClH/c1-11(16-8-6-15-7-9-16)10-17-13-4-2-12(14)3-5-13;;/h2-5,11,15H,6-10H2,1H3;2*1H. The molecular formula is C13H21Cl3N2O. The van der Waals surface area contributed by atoms with E-state index in [1.807, 2.05) is 24.3 Å². The Morgan fingerprint density at radius 1 is 1.21 bits per heavy atom. The zero-order valence-corrected chi connectivity index (χ0v) is 13.4. The summed E-state index contributed by atoms with van der Waals surface area (Å²) in [5.41, 5.74) is 0. The summed E-state index contributed by atoms with van der Waals surface area (Å²) in [5, 5.41) is 4.10. The van der Waals surface area contributed by atoms with Gasteiger partial charge in [0.2, 0.25) is 0 Å². The maximum Gasteiger partial charge on any atom is 0.119 e. The van der Waals surface area contributed by atoms with Gasteiger partial charge in [-0.15, -0.1) is 24.8 Å². The molecule has 1 aliphatic heterocycles. The minimum atomic E-state index is 0. The Kier molecular flexibility index (Phi) is 9.58. The Morgan fingerprint density at radius 3 is 2.37 bits per heavy atom. The third-order valence-corrected chi connectivity index (χ3v) is 3.33.